The molecule has 1 atom stereocenters. The highest BCUT2D eigenvalue weighted by atomic mass is 32.2. The Kier molecular flexibility index (Phi) is 10.3. The Morgan fingerprint density at radius 1 is 1.04 bits per heavy atom. The van der Waals surface area contributed by atoms with Gasteiger partial charge in [0.1, 0.15) is 0 Å². The molecule has 0 spiro atoms. The van der Waals surface area contributed by atoms with Crippen molar-refractivity contribution in [3.8, 4) is 11.1 Å². The van der Waals surface area contributed by atoms with Crippen molar-refractivity contribution in [1.29, 1.82) is 0 Å². The number of furan rings is 1. The van der Waals surface area contributed by atoms with Gasteiger partial charge in [-0.25, -0.2) is 22.8 Å². The van der Waals surface area contributed by atoms with Crippen molar-refractivity contribution in [2.24, 2.45) is 0 Å². The average Bonchev–Trinajstić information content (AvgIpc) is 3.72. The van der Waals surface area contributed by atoms with Gasteiger partial charge in [0.25, 0.3) is 5.56 Å². The van der Waals surface area contributed by atoms with Crippen molar-refractivity contribution in [3.05, 3.63) is 86.0 Å². The minimum absolute atomic E-state index is 0.0771. The Balaban J connectivity index is 0.000000223. The number of nitrogens with one attached hydrogen (secondary N) is 3. The summed E-state index contributed by atoms with van der Waals surface area (Å²) in [6.07, 6.45) is -5.94. The lowest BCUT2D eigenvalue weighted by Gasteiger charge is -2.18. The number of aromatic nitrogens is 2. The molecule has 1 fully saturated rings. The summed E-state index contributed by atoms with van der Waals surface area (Å²) in [5, 5.41) is 1.97. The first-order valence-electron chi connectivity index (χ1n) is 13.8. The van der Waals surface area contributed by atoms with E-state index in [1.165, 1.54) is 12.3 Å². The van der Waals surface area contributed by atoms with Crippen molar-refractivity contribution in [2.75, 3.05) is 36.7 Å². The van der Waals surface area contributed by atoms with E-state index in [-0.39, 0.29) is 50.1 Å². The zero-order valence-corrected chi connectivity index (χ0v) is 26.4. The van der Waals surface area contributed by atoms with Crippen LogP contribution in [0.2, 0.25) is 0 Å². The van der Waals surface area contributed by atoms with E-state index in [0.717, 1.165) is 38.7 Å². The molecule has 0 aliphatic carbocycles. The average molecular weight is 721 g/mol. The maximum absolute atomic E-state index is 13.4. The fraction of sp³-hybridized carbons (Fsp3) is 0.310. The third-order valence-electron chi connectivity index (χ3n) is 7.01. The number of rotatable bonds is 6. The van der Waals surface area contributed by atoms with E-state index in [4.69, 9.17) is 9.15 Å². The van der Waals surface area contributed by atoms with Gasteiger partial charge in [-0.05, 0) is 47.9 Å². The predicted octanol–water partition coefficient (Wildman–Crippen LogP) is 4.43. The quantitative estimate of drug-likeness (QED) is 0.192. The van der Waals surface area contributed by atoms with Crippen LogP contribution in [0.3, 0.4) is 0 Å². The molecule has 3 heterocycles. The molecule has 4 aromatic rings. The fourth-order valence-electron chi connectivity index (χ4n) is 4.96. The molecule has 1 saturated heterocycles. The molecule has 0 bridgehead atoms. The number of carbonyl (C=O) groups is 2. The number of H-pyrrole nitrogens is 1. The number of benzene rings is 2. The first kappa shape index (κ1) is 36.7. The highest BCUT2D eigenvalue weighted by Crippen LogP contribution is 2.41. The van der Waals surface area contributed by atoms with Crippen molar-refractivity contribution in [1.82, 2.24) is 9.66 Å². The van der Waals surface area contributed by atoms with Gasteiger partial charge in [0.05, 0.1) is 65.8 Å². The van der Waals surface area contributed by atoms with E-state index in [0.29, 0.717) is 25.2 Å². The smallest absolute Gasteiger partial charge is 0.417 e. The number of amides is 1. The van der Waals surface area contributed by atoms with Gasteiger partial charge in [0, 0.05) is 25.0 Å². The van der Waals surface area contributed by atoms with Crippen LogP contribution in [0.15, 0.2) is 56.9 Å². The predicted molar refractivity (Wildman–Crippen MR) is 161 cm³/mol. The van der Waals surface area contributed by atoms with Gasteiger partial charge < -0.3 is 24.2 Å². The lowest BCUT2D eigenvalue weighted by molar-refractivity contribution is -0.138. The van der Waals surface area contributed by atoms with Crippen LogP contribution in [0.5, 0.6) is 0 Å². The minimum Gasteiger partial charge on any atom is -0.472 e. The molecule has 264 valence electrons. The fourth-order valence-corrected chi connectivity index (χ4v) is 5.45. The van der Waals surface area contributed by atoms with Crippen LogP contribution in [-0.4, -0.2) is 56.5 Å². The van der Waals surface area contributed by atoms with Gasteiger partial charge in [0.15, 0.2) is 0 Å². The number of alkyl halides is 6. The number of halogens is 6. The largest absolute Gasteiger partial charge is 0.472 e. The lowest BCUT2D eigenvalue weighted by atomic mass is 9.92. The first-order valence-corrected chi connectivity index (χ1v) is 15.7. The molecule has 1 unspecified atom stereocenters. The Bertz CT molecular complexity index is 2120. The van der Waals surface area contributed by atoms with Crippen LogP contribution in [0.4, 0.5) is 32.0 Å². The molecule has 20 heteroatoms. The number of esters is 1. The number of hydrogen-bond acceptors (Lipinski definition) is 9. The molecule has 1 aliphatic rings. The van der Waals surface area contributed by atoms with Crippen LogP contribution in [0.25, 0.3) is 22.0 Å². The van der Waals surface area contributed by atoms with Crippen molar-refractivity contribution in [3.63, 3.8) is 0 Å². The molecule has 2 aromatic heterocycles. The molecular weight excluding hydrogens is 694 g/mol. The van der Waals surface area contributed by atoms with Crippen LogP contribution in [0, 0.1) is 0 Å². The molecule has 49 heavy (non-hydrogen) atoms. The molecule has 0 radical (unpaired) electrons. The third-order valence-corrected chi connectivity index (χ3v) is 7.53. The molecule has 5 rings (SSSR count). The van der Waals surface area contributed by atoms with Crippen molar-refractivity contribution in [2.45, 2.75) is 31.6 Å². The topological polar surface area (TPSA) is 179 Å². The maximum Gasteiger partial charge on any atom is 0.417 e. The van der Waals surface area contributed by atoms with E-state index in [2.05, 4.69) is 15.0 Å². The maximum atomic E-state index is 13.4. The normalized spacial score (nSPS) is 15.0. The highest BCUT2D eigenvalue weighted by Gasteiger charge is 2.38. The van der Waals surface area contributed by atoms with Gasteiger partial charge in [-0.2, -0.15) is 31.0 Å². The zero-order valence-electron chi connectivity index (χ0n) is 25.5. The van der Waals surface area contributed by atoms with E-state index in [9.17, 15) is 53.9 Å². The van der Waals surface area contributed by atoms with Gasteiger partial charge in [-0.15, -0.1) is 0 Å². The second-order valence-corrected chi connectivity index (χ2v) is 12.3. The number of methoxy groups -OCH3 is 1. The number of ether oxygens (including phenoxy) is 2. The monoisotopic (exact) mass is 720 g/mol. The van der Waals surface area contributed by atoms with Crippen LogP contribution in [-0.2, 0) is 36.6 Å². The summed E-state index contributed by atoms with van der Waals surface area (Å²) in [4.78, 5) is 51.2. The molecule has 1 aliphatic heterocycles. The number of fused-ring (bicyclic) bond motifs is 1. The number of nitrogens with zero attached hydrogens (tertiary/aromatic N) is 1. The number of sulfonamides is 1. The number of carbonyl (C=O) groups excluding carboxylic acids is 2. The van der Waals surface area contributed by atoms with Gasteiger partial charge >= 0.3 is 24.0 Å². The van der Waals surface area contributed by atoms with Crippen LogP contribution < -0.4 is 21.4 Å². The lowest BCUT2D eigenvalue weighted by Crippen LogP contribution is -2.43. The van der Waals surface area contributed by atoms with Crippen LogP contribution in [0.1, 0.15) is 46.3 Å². The van der Waals surface area contributed by atoms with E-state index < -0.39 is 62.5 Å². The number of aromatic amines is 1. The van der Waals surface area contributed by atoms with Gasteiger partial charge in [-0.3, -0.25) is 9.59 Å². The minimum atomic E-state index is -4.69. The SMILES string of the molecule is COC(=O)c1cc(-c2ccoc2)c(C(F)(F)F)cc1NC(C)=O.CS(=O)(=O)Nn1c(=O)[nH]c2cc(C(F)(F)F)c(C3CCOC3)cc2c1=O. The summed E-state index contributed by atoms with van der Waals surface area (Å²) in [5.41, 5.74) is -5.26. The van der Waals surface area contributed by atoms with Crippen molar-refractivity contribution >= 4 is 38.5 Å². The summed E-state index contributed by atoms with van der Waals surface area (Å²) < 4.78 is 118. The van der Waals surface area contributed by atoms with E-state index >= 15 is 0 Å². The Hall–Kier alpha value is -5.11. The molecule has 13 nitrogen and oxygen atoms in total. The van der Waals surface area contributed by atoms with Gasteiger partial charge in [-0.1, -0.05) is 0 Å². The summed E-state index contributed by atoms with van der Waals surface area (Å²) in [6.45, 7) is 1.50. The second kappa shape index (κ2) is 13.8. The number of hydrogen-bond donors (Lipinski definition) is 3. The standard InChI is InChI=1S/C15H12F3NO4.C14H14F3N3O5S/c1-8(20)19-13-6-12(15(16,17)18)10(9-3-4-23-7-9)5-11(13)14(21)22-2;1-26(23,24)19-20-12(21)9-4-8(7-2-3-25-6-7)10(14(15,16)17)5-11(9)18-13(20)22/h3-7H,1-2H3,(H,19,20);4-5,7,19H,2-3,6H2,1H3,(H,18,22). The highest BCUT2D eigenvalue weighted by molar-refractivity contribution is 7.91. The molecule has 1 amide bonds. The molecule has 2 aromatic carbocycles. The van der Waals surface area contributed by atoms with E-state index in [1.54, 1.807) is 4.83 Å². The van der Waals surface area contributed by atoms with Crippen molar-refractivity contribution < 1.29 is 58.2 Å². The Labute approximate surface area is 271 Å². The van der Waals surface area contributed by atoms with E-state index in [1.807, 2.05) is 0 Å². The molecular formula is C29H26F6N4O9S. The molecule has 0 saturated carbocycles. The number of anilines is 1. The second-order valence-electron chi connectivity index (χ2n) is 10.6. The first-order chi connectivity index (χ1) is 22.7. The summed E-state index contributed by atoms with van der Waals surface area (Å²) >= 11 is 0. The van der Waals surface area contributed by atoms with Crippen LogP contribution >= 0.6 is 0 Å². The van der Waals surface area contributed by atoms with Gasteiger partial charge in [0.2, 0.25) is 15.9 Å². The third kappa shape index (κ3) is 8.49. The Morgan fingerprint density at radius 3 is 2.22 bits per heavy atom. The summed E-state index contributed by atoms with van der Waals surface area (Å²) in [7, 11) is -2.86. The zero-order chi connectivity index (χ0) is 36.5. The Morgan fingerprint density at radius 2 is 1.71 bits per heavy atom. The summed E-state index contributed by atoms with van der Waals surface area (Å²) in [6, 6.07) is 4.79. The summed E-state index contributed by atoms with van der Waals surface area (Å²) in [5.74, 6) is -2.04. The molecule has 3 N–H and O–H groups in total.